The van der Waals surface area contributed by atoms with E-state index < -0.39 is 0 Å². The van der Waals surface area contributed by atoms with Crippen LogP contribution in [0.4, 0.5) is 11.5 Å². The molecule has 2 aromatic heterocycles. The molecule has 3 saturated heterocycles. The summed E-state index contributed by atoms with van der Waals surface area (Å²) in [7, 11) is 2.20. The van der Waals surface area contributed by atoms with Gasteiger partial charge in [-0.15, -0.1) is 0 Å². The Labute approximate surface area is 167 Å². The second-order valence-electron chi connectivity index (χ2n) is 7.87. The second kappa shape index (κ2) is 6.49. The number of ether oxygens (including phenoxy) is 1. The fourth-order valence-corrected chi connectivity index (χ4v) is 5.45. The van der Waals surface area contributed by atoms with Crippen LogP contribution in [-0.4, -0.2) is 78.1 Å². The van der Waals surface area contributed by atoms with Gasteiger partial charge in [0, 0.05) is 31.7 Å². The van der Waals surface area contributed by atoms with Crippen LogP contribution in [0.5, 0.6) is 0 Å². The number of hydrogen-bond donors (Lipinski definition) is 1. The molecule has 26 heavy (non-hydrogen) atoms. The molecule has 7 nitrogen and oxygen atoms in total. The van der Waals surface area contributed by atoms with Gasteiger partial charge in [0.2, 0.25) is 0 Å². The van der Waals surface area contributed by atoms with Gasteiger partial charge in [0.1, 0.15) is 9.52 Å². The monoisotopic (exact) mass is 468 g/mol. The lowest BCUT2D eigenvalue weighted by Gasteiger charge is -2.41. The number of likely N-dealkylation sites (N-methyl/N-ethyl adjacent to an activating group) is 1. The first-order valence-electron chi connectivity index (χ1n) is 9.47. The van der Waals surface area contributed by atoms with Crippen molar-refractivity contribution in [3.8, 4) is 0 Å². The Hall–Kier alpha value is -1.13. The summed E-state index contributed by atoms with van der Waals surface area (Å²) in [5.41, 5.74) is 2.11. The molecule has 3 atom stereocenters. The molecule has 3 aliphatic heterocycles. The van der Waals surface area contributed by atoms with E-state index in [1.807, 2.05) is 0 Å². The van der Waals surface area contributed by atoms with Gasteiger partial charge in [0.25, 0.3) is 0 Å². The number of pyridine rings is 1. The van der Waals surface area contributed by atoms with Crippen LogP contribution in [0.3, 0.4) is 0 Å². The molecule has 3 aliphatic rings. The van der Waals surface area contributed by atoms with Crippen molar-refractivity contribution in [1.29, 1.82) is 0 Å². The first-order valence-corrected chi connectivity index (χ1v) is 10.6. The predicted octanol–water partition coefficient (Wildman–Crippen LogP) is 2.07. The molecule has 140 valence electrons. The molecule has 2 unspecified atom stereocenters. The van der Waals surface area contributed by atoms with E-state index in [4.69, 9.17) is 9.72 Å². The Morgan fingerprint density at radius 3 is 2.73 bits per heavy atom. The van der Waals surface area contributed by atoms with E-state index in [9.17, 15) is 0 Å². The van der Waals surface area contributed by atoms with Gasteiger partial charge < -0.3 is 19.4 Å². The topological polar surface area (TPSA) is 60.5 Å². The number of fused-ring (bicyclic) bond motifs is 3. The molecule has 1 N–H and O–H groups in total. The van der Waals surface area contributed by atoms with Crippen molar-refractivity contribution in [2.75, 3.05) is 49.7 Å². The number of anilines is 2. The van der Waals surface area contributed by atoms with Gasteiger partial charge in [-0.2, -0.15) is 5.10 Å². The van der Waals surface area contributed by atoms with E-state index in [1.165, 1.54) is 18.5 Å². The third kappa shape index (κ3) is 2.68. The van der Waals surface area contributed by atoms with E-state index in [2.05, 4.69) is 67.5 Å². The van der Waals surface area contributed by atoms with Crippen LogP contribution in [0.25, 0.3) is 11.0 Å². The van der Waals surface area contributed by atoms with Gasteiger partial charge in [-0.3, -0.25) is 5.10 Å². The van der Waals surface area contributed by atoms with Crippen molar-refractivity contribution in [3.63, 3.8) is 0 Å². The van der Waals surface area contributed by atoms with Crippen molar-refractivity contribution in [2.45, 2.75) is 37.9 Å². The summed E-state index contributed by atoms with van der Waals surface area (Å²) in [6, 6.07) is 3.68. The number of halogens is 1. The van der Waals surface area contributed by atoms with Crippen molar-refractivity contribution < 1.29 is 4.74 Å². The highest BCUT2D eigenvalue weighted by atomic mass is 127. The zero-order valence-electron chi connectivity index (χ0n) is 15.3. The van der Waals surface area contributed by atoms with Gasteiger partial charge in [-0.05, 0) is 49.4 Å². The average Bonchev–Trinajstić information content (AvgIpc) is 3.11. The number of nitrogens with zero attached hydrogens (tertiary/aromatic N) is 5. The van der Waals surface area contributed by atoms with Crippen molar-refractivity contribution in [3.05, 3.63) is 9.77 Å². The van der Waals surface area contributed by atoms with Gasteiger partial charge in [-0.1, -0.05) is 0 Å². The SMILES string of the molecule is C[C@@H]1CN(C)CCN1c1cc(N2C3CCC2COC3)nc2n[nH]c(I)c12. The van der Waals surface area contributed by atoms with E-state index in [-0.39, 0.29) is 0 Å². The fraction of sp³-hybridized carbons (Fsp3) is 0.667. The Morgan fingerprint density at radius 1 is 1.23 bits per heavy atom. The van der Waals surface area contributed by atoms with Crippen LogP contribution >= 0.6 is 22.6 Å². The molecule has 0 spiro atoms. The Kier molecular flexibility index (Phi) is 4.24. The summed E-state index contributed by atoms with van der Waals surface area (Å²) in [6.45, 7) is 7.14. The first kappa shape index (κ1) is 17.0. The minimum atomic E-state index is 0.453. The molecule has 2 bridgehead atoms. The van der Waals surface area contributed by atoms with Crippen molar-refractivity contribution in [1.82, 2.24) is 20.1 Å². The van der Waals surface area contributed by atoms with Gasteiger partial charge >= 0.3 is 0 Å². The lowest BCUT2D eigenvalue weighted by Crippen LogP contribution is -2.51. The molecule has 5 rings (SSSR count). The van der Waals surface area contributed by atoms with Crippen LogP contribution in [-0.2, 0) is 4.74 Å². The normalized spacial score (nSPS) is 29.7. The summed E-state index contributed by atoms with van der Waals surface area (Å²) >= 11 is 2.34. The number of aromatic nitrogens is 3. The molecule has 0 aromatic carbocycles. The van der Waals surface area contributed by atoms with Crippen LogP contribution < -0.4 is 9.80 Å². The van der Waals surface area contributed by atoms with E-state index in [1.54, 1.807) is 0 Å². The van der Waals surface area contributed by atoms with Gasteiger partial charge in [0.05, 0.1) is 36.4 Å². The van der Waals surface area contributed by atoms with Crippen LogP contribution in [0.15, 0.2) is 6.07 Å². The lowest BCUT2D eigenvalue weighted by molar-refractivity contribution is 0.0902. The number of H-pyrrole nitrogens is 1. The number of rotatable bonds is 2. The minimum Gasteiger partial charge on any atom is -0.377 e. The van der Waals surface area contributed by atoms with Crippen molar-refractivity contribution >= 4 is 45.1 Å². The van der Waals surface area contributed by atoms with Gasteiger partial charge in [0.15, 0.2) is 5.65 Å². The maximum atomic E-state index is 5.77. The smallest absolute Gasteiger partial charge is 0.186 e. The van der Waals surface area contributed by atoms with Crippen LogP contribution in [0.1, 0.15) is 19.8 Å². The standard InChI is InChI=1S/C18H25IN6O/c1-11-8-23(2)5-6-24(11)14-7-15(20-18-16(14)17(19)21-22-18)25-12-3-4-13(25)10-26-9-12/h7,11-13H,3-6,8-10H2,1-2H3,(H,20,21,22)/t11-,12?,13?/m1/s1. The Bertz CT molecular complexity index is 809. The number of morpholine rings is 1. The molecule has 8 heteroatoms. The third-order valence-electron chi connectivity index (χ3n) is 6.09. The predicted molar refractivity (Wildman–Crippen MR) is 111 cm³/mol. The number of nitrogens with one attached hydrogen (secondary N) is 1. The van der Waals surface area contributed by atoms with Crippen LogP contribution in [0, 0.1) is 3.70 Å². The van der Waals surface area contributed by atoms with Gasteiger partial charge in [-0.25, -0.2) is 4.98 Å². The first-order chi connectivity index (χ1) is 12.6. The number of aromatic amines is 1. The summed E-state index contributed by atoms with van der Waals surface area (Å²) in [5.74, 6) is 1.07. The highest BCUT2D eigenvalue weighted by Crippen LogP contribution is 2.38. The molecule has 0 aliphatic carbocycles. The molecular weight excluding hydrogens is 443 g/mol. The third-order valence-corrected chi connectivity index (χ3v) is 6.87. The zero-order chi connectivity index (χ0) is 17.8. The Balaban J connectivity index is 1.61. The summed E-state index contributed by atoms with van der Waals surface area (Å²) in [6.07, 6.45) is 2.39. The van der Waals surface area contributed by atoms with Crippen LogP contribution in [0.2, 0.25) is 0 Å². The molecule has 0 radical (unpaired) electrons. The molecule has 3 fully saturated rings. The summed E-state index contributed by atoms with van der Waals surface area (Å²) in [4.78, 5) is 12.4. The molecule has 0 saturated carbocycles. The van der Waals surface area contributed by atoms with E-state index in [0.29, 0.717) is 18.1 Å². The number of piperazine rings is 1. The minimum absolute atomic E-state index is 0.453. The molecule has 5 heterocycles. The zero-order valence-corrected chi connectivity index (χ0v) is 17.4. The van der Waals surface area contributed by atoms with E-state index >= 15 is 0 Å². The molecule has 2 aromatic rings. The Morgan fingerprint density at radius 2 is 2.00 bits per heavy atom. The maximum Gasteiger partial charge on any atom is 0.186 e. The molecular formula is C18H25IN6O. The maximum absolute atomic E-state index is 5.77. The highest BCUT2D eigenvalue weighted by Gasteiger charge is 2.39. The molecule has 0 amide bonds. The summed E-state index contributed by atoms with van der Waals surface area (Å²) in [5, 5.41) is 8.80. The second-order valence-corrected chi connectivity index (χ2v) is 8.95. The van der Waals surface area contributed by atoms with Crippen molar-refractivity contribution in [2.24, 2.45) is 0 Å². The van der Waals surface area contributed by atoms with E-state index in [0.717, 1.165) is 53.4 Å². The fourth-order valence-electron chi connectivity index (χ4n) is 4.81. The highest BCUT2D eigenvalue weighted by molar-refractivity contribution is 14.1. The largest absolute Gasteiger partial charge is 0.377 e. The lowest BCUT2D eigenvalue weighted by atomic mass is 10.1. The number of hydrogen-bond acceptors (Lipinski definition) is 6. The summed E-state index contributed by atoms with van der Waals surface area (Å²) < 4.78 is 6.84. The average molecular weight is 468 g/mol. The quantitative estimate of drug-likeness (QED) is 0.682.